The molecule has 0 fully saturated rings. The van der Waals surface area contributed by atoms with Crippen molar-refractivity contribution in [3.63, 3.8) is 0 Å². The molecule has 3 aromatic rings. The van der Waals surface area contributed by atoms with Gasteiger partial charge in [-0.25, -0.2) is 13.1 Å². The maximum Gasteiger partial charge on any atom is 0.240 e. The summed E-state index contributed by atoms with van der Waals surface area (Å²) in [5, 5.41) is 0. The highest BCUT2D eigenvalue weighted by molar-refractivity contribution is 7.98. The minimum Gasteiger partial charge on any atom is -0.207 e. The quantitative estimate of drug-likeness (QED) is 0.648. The molecular weight excluding hydrogens is 350 g/mol. The van der Waals surface area contributed by atoms with Crippen molar-refractivity contribution < 1.29 is 8.42 Å². The fourth-order valence-electron chi connectivity index (χ4n) is 2.46. The minimum atomic E-state index is -3.53. The largest absolute Gasteiger partial charge is 0.240 e. The highest BCUT2D eigenvalue weighted by atomic mass is 32.2. The molecule has 0 aliphatic carbocycles. The predicted molar refractivity (Wildman–Crippen MR) is 104 cm³/mol. The third kappa shape index (κ3) is 4.51. The molecule has 128 valence electrons. The Balaban J connectivity index is 1.71. The van der Waals surface area contributed by atoms with Gasteiger partial charge in [0, 0.05) is 11.4 Å². The first-order valence-corrected chi connectivity index (χ1v) is 10.6. The topological polar surface area (TPSA) is 46.2 Å². The van der Waals surface area contributed by atoms with Crippen molar-refractivity contribution in [1.29, 1.82) is 0 Å². The van der Waals surface area contributed by atoms with Crippen molar-refractivity contribution in [3.05, 3.63) is 84.4 Å². The van der Waals surface area contributed by atoms with Crippen LogP contribution in [0.4, 0.5) is 0 Å². The molecule has 0 aliphatic heterocycles. The molecule has 0 spiro atoms. The van der Waals surface area contributed by atoms with Crippen molar-refractivity contribution >= 4 is 21.8 Å². The standard InChI is InChI=1S/C20H19NO2S2/c1-24-19-11-7-16(8-12-19)15-21-25(22,23)20-13-9-18(10-14-20)17-5-3-2-4-6-17/h2-14,21H,15H2,1H3. The number of rotatable bonds is 6. The van der Waals surface area contributed by atoms with Gasteiger partial charge in [0.2, 0.25) is 10.0 Å². The first-order chi connectivity index (χ1) is 12.1. The van der Waals surface area contributed by atoms with Gasteiger partial charge in [-0.05, 0) is 47.2 Å². The normalized spacial score (nSPS) is 11.4. The van der Waals surface area contributed by atoms with Gasteiger partial charge in [0.05, 0.1) is 4.90 Å². The van der Waals surface area contributed by atoms with E-state index in [9.17, 15) is 8.42 Å². The first kappa shape index (κ1) is 17.7. The molecule has 0 saturated heterocycles. The van der Waals surface area contributed by atoms with Crippen LogP contribution in [0.2, 0.25) is 0 Å². The fraction of sp³-hybridized carbons (Fsp3) is 0.100. The first-order valence-electron chi connectivity index (χ1n) is 7.86. The molecule has 0 aliphatic rings. The molecular formula is C20H19NO2S2. The Bertz CT molecular complexity index is 920. The van der Waals surface area contributed by atoms with Gasteiger partial charge in [-0.1, -0.05) is 54.6 Å². The lowest BCUT2D eigenvalue weighted by Crippen LogP contribution is -2.23. The van der Waals surface area contributed by atoms with Crippen LogP contribution in [-0.2, 0) is 16.6 Å². The van der Waals surface area contributed by atoms with Crippen molar-refractivity contribution in [2.45, 2.75) is 16.3 Å². The van der Waals surface area contributed by atoms with Crippen LogP contribution in [0.25, 0.3) is 11.1 Å². The summed E-state index contributed by atoms with van der Waals surface area (Å²) in [6.45, 7) is 0.275. The Morgan fingerprint density at radius 2 is 1.40 bits per heavy atom. The Hall–Kier alpha value is -2.08. The smallest absolute Gasteiger partial charge is 0.207 e. The van der Waals surface area contributed by atoms with Gasteiger partial charge in [-0.3, -0.25) is 0 Å². The number of hydrogen-bond donors (Lipinski definition) is 1. The highest BCUT2D eigenvalue weighted by Gasteiger charge is 2.13. The second-order valence-corrected chi connectivity index (χ2v) is 8.21. The third-order valence-corrected chi connectivity index (χ3v) is 6.06. The van der Waals surface area contributed by atoms with Crippen molar-refractivity contribution in [2.24, 2.45) is 0 Å². The van der Waals surface area contributed by atoms with E-state index in [2.05, 4.69) is 4.72 Å². The zero-order valence-electron chi connectivity index (χ0n) is 13.8. The van der Waals surface area contributed by atoms with E-state index in [4.69, 9.17) is 0 Å². The predicted octanol–water partition coefficient (Wildman–Crippen LogP) is 4.55. The maximum absolute atomic E-state index is 12.5. The molecule has 3 rings (SSSR count). The molecule has 25 heavy (non-hydrogen) atoms. The van der Waals surface area contributed by atoms with E-state index in [1.54, 1.807) is 23.9 Å². The lowest BCUT2D eigenvalue weighted by Gasteiger charge is -2.08. The van der Waals surface area contributed by atoms with Crippen LogP contribution in [0.15, 0.2) is 88.7 Å². The van der Waals surface area contributed by atoms with Crippen LogP contribution in [0.1, 0.15) is 5.56 Å². The van der Waals surface area contributed by atoms with Crippen LogP contribution in [0.5, 0.6) is 0 Å². The van der Waals surface area contributed by atoms with Crippen LogP contribution < -0.4 is 4.72 Å². The van der Waals surface area contributed by atoms with E-state index in [1.165, 1.54) is 0 Å². The minimum absolute atomic E-state index is 0.271. The Kier molecular flexibility index (Phi) is 5.58. The molecule has 0 atom stereocenters. The summed E-state index contributed by atoms with van der Waals surface area (Å²) in [5.74, 6) is 0. The summed E-state index contributed by atoms with van der Waals surface area (Å²) >= 11 is 1.66. The van der Waals surface area contributed by atoms with E-state index in [0.29, 0.717) is 0 Å². The lowest BCUT2D eigenvalue weighted by atomic mass is 10.1. The third-order valence-electron chi connectivity index (χ3n) is 3.90. The van der Waals surface area contributed by atoms with Gasteiger partial charge < -0.3 is 0 Å². The molecule has 0 aromatic heterocycles. The summed E-state index contributed by atoms with van der Waals surface area (Å²) in [5.41, 5.74) is 2.99. The molecule has 0 unspecified atom stereocenters. The van der Waals surface area contributed by atoms with Gasteiger partial charge in [0.15, 0.2) is 0 Å². The summed E-state index contributed by atoms with van der Waals surface area (Å²) < 4.78 is 27.6. The Morgan fingerprint density at radius 1 is 0.800 bits per heavy atom. The summed E-state index contributed by atoms with van der Waals surface area (Å²) in [7, 11) is -3.53. The zero-order valence-corrected chi connectivity index (χ0v) is 15.5. The molecule has 3 aromatic carbocycles. The van der Waals surface area contributed by atoms with E-state index in [1.807, 2.05) is 73.0 Å². The molecule has 0 bridgehead atoms. The van der Waals surface area contributed by atoms with Crippen molar-refractivity contribution in [1.82, 2.24) is 4.72 Å². The summed E-state index contributed by atoms with van der Waals surface area (Å²) in [6, 6.07) is 24.7. The van der Waals surface area contributed by atoms with E-state index >= 15 is 0 Å². The van der Waals surface area contributed by atoms with E-state index < -0.39 is 10.0 Å². The maximum atomic E-state index is 12.5. The van der Waals surface area contributed by atoms with E-state index in [0.717, 1.165) is 21.6 Å². The van der Waals surface area contributed by atoms with Crippen LogP contribution in [0.3, 0.4) is 0 Å². The summed E-state index contributed by atoms with van der Waals surface area (Å²) in [6.07, 6.45) is 2.01. The second kappa shape index (κ2) is 7.87. The van der Waals surface area contributed by atoms with Crippen LogP contribution in [-0.4, -0.2) is 14.7 Å². The number of thioether (sulfide) groups is 1. The van der Waals surface area contributed by atoms with Gasteiger partial charge in [-0.15, -0.1) is 11.8 Å². The van der Waals surface area contributed by atoms with Gasteiger partial charge >= 0.3 is 0 Å². The lowest BCUT2D eigenvalue weighted by molar-refractivity contribution is 0.581. The Labute approximate surface area is 153 Å². The molecule has 0 saturated carbocycles. The molecule has 5 heteroatoms. The second-order valence-electron chi connectivity index (χ2n) is 5.56. The van der Waals surface area contributed by atoms with Gasteiger partial charge in [-0.2, -0.15) is 0 Å². The average Bonchev–Trinajstić information content (AvgIpc) is 2.68. The van der Waals surface area contributed by atoms with Crippen LogP contribution >= 0.6 is 11.8 Å². The highest BCUT2D eigenvalue weighted by Crippen LogP contribution is 2.21. The number of sulfonamides is 1. The zero-order chi connectivity index (χ0) is 17.7. The number of hydrogen-bond acceptors (Lipinski definition) is 3. The van der Waals surface area contributed by atoms with E-state index in [-0.39, 0.29) is 11.4 Å². The van der Waals surface area contributed by atoms with Crippen molar-refractivity contribution in [2.75, 3.05) is 6.26 Å². The monoisotopic (exact) mass is 369 g/mol. The fourth-order valence-corrected chi connectivity index (χ4v) is 3.89. The van der Waals surface area contributed by atoms with Crippen molar-refractivity contribution in [3.8, 4) is 11.1 Å². The van der Waals surface area contributed by atoms with Gasteiger partial charge in [0.25, 0.3) is 0 Å². The van der Waals surface area contributed by atoms with Crippen LogP contribution in [0, 0.1) is 0 Å². The molecule has 0 radical (unpaired) electrons. The number of benzene rings is 3. The summed E-state index contributed by atoms with van der Waals surface area (Å²) in [4.78, 5) is 1.43. The Morgan fingerprint density at radius 3 is 2.00 bits per heavy atom. The molecule has 0 amide bonds. The molecule has 3 nitrogen and oxygen atoms in total. The van der Waals surface area contributed by atoms with Gasteiger partial charge in [0.1, 0.15) is 0 Å². The number of nitrogens with one attached hydrogen (secondary N) is 1. The SMILES string of the molecule is CSc1ccc(CNS(=O)(=O)c2ccc(-c3ccccc3)cc2)cc1. The molecule has 1 N–H and O–H groups in total. The average molecular weight is 370 g/mol. The molecule has 0 heterocycles.